The summed E-state index contributed by atoms with van der Waals surface area (Å²) in [4.78, 5) is 35.3. The quantitative estimate of drug-likeness (QED) is 0.906. The number of hydrogen-bond donors (Lipinski definition) is 1. The van der Waals surface area contributed by atoms with Crippen LogP contribution in [-0.4, -0.2) is 37.8 Å². The van der Waals surface area contributed by atoms with E-state index >= 15 is 0 Å². The number of carbonyl (C=O) groups excluding carboxylic acids is 2. The van der Waals surface area contributed by atoms with Gasteiger partial charge in [0.05, 0.1) is 6.54 Å². The van der Waals surface area contributed by atoms with E-state index in [2.05, 4.69) is 15.3 Å². The first-order valence-corrected chi connectivity index (χ1v) is 7.28. The molecule has 1 saturated heterocycles. The number of rotatable bonds is 4. The van der Waals surface area contributed by atoms with E-state index in [1.165, 1.54) is 0 Å². The van der Waals surface area contributed by atoms with Crippen LogP contribution < -0.4 is 5.32 Å². The molecule has 1 fully saturated rings. The molecule has 2 rings (SSSR count). The van der Waals surface area contributed by atoms with Gasteiger partial charge in [-0.2, -0.15) is 0 Å². The Bertz CT molecular complexity index is 538. The Hall–Kier alpha value is -1.98. The fraction of sp³-hybridized carbons (Fsp3) is 0.600. The molecule has 1 N–H and O–H groups in total. The van der Waals surface area contributed by atoms with E-state index in [-0.39, 0.29) is 18.4 Å². The number of amides is 2. The van der Waals surface area contributed by atoms with Crippen molar-refractivity contribution in [3.63, 3.8) is 0 Å². The summed E-state index contributed by atoms with van der Waals surface area (Å²) in [6, 6.07) is 1.72. The monoisotopic (exact) mass is 290 g/mol. The second-order valence-corrected chi connectivity index (χ2v) is 5.86. The number of hydrogen-bond acceptors (Lipinski definition) is 4. The van der Waals surface area contributed by atoms with Crippen molar-refractivity contribution in [2.75, 3.05) is 0 Å². The average Bonchev–Trinajstić information content (AvgIpc) is 2.49. The van der Waals surface area contributed by atoms with Gasteiger partial charge >= 0.3 is 0 Å². The molecule has 6 nitrogen and oxygen atoms in total. The topological polar surface area (TPSA) is 75.2 Å². The maximum absolute atomic E-state index is 12.9. The summed E-state index contributed by atoms with van der Waals surface area (Å²) in [7, 11) is 0. The van der Waals surface area contributed by atoms with Gasteiger partial charge in [0.25, 0.3) is 0 Å². The van der Waals surface area contributed by atoms with E-state index in [4.69, 9.17) is 0 Å². The highest BCUT2D eigenvalue weighted by Crippen LogP contribution is 2.31. The van der Waals surface area contributed by atoms with Crippen molar-refractivity contribution in [3.8, 4) is 0 Å². The van der Waals surface area contributed by atoms with Gasteiger partial charge in [0.2, 0.25) is 11.8 Å². The molecule has 0 radical (unpaired) electrons. The third-order valence-corrected chi connectivity index (χ3v) is 4.36. The SMILES string of the molecule is CCC1(CC)NC(=O)C(C)(C)N(Cc2ncccn2)C1=O. The van der Waals surface area contributed by atoms with Crippen LogP contribution in [0, 0.1) is 0 Å². The largest absolute Gasteiger partial charge is 0.340 e. The molecular formula is C15H22N4O2. The molecule has 0 unspecified atom stereocenters. The average molecular weight is 290 g/mol. The fourth-order valence-electron chi connectivity index (χ4n) is 2.61. The predicted molar refractivity (Wildman–Crippen MR) is 78.1 cm³/mol. The van der Waals surface area contributed by atoms with Gasteiger partial charge in [-0.3, -0.25) is 9.59 Å². The molecule has 0 saturated carbocycles. The minimum Gasteiger partial charge on any atom is -0.340 e. The lowest BCUT2D eigenvalue weighted by Crippen LogP contribution is -2.73. The Balaban J connectivity index is 2.39. The van der Waals surface area contributed by atoms with Crippen LogP contribution >= 0.6 is 0 Å². The number of aromatic nitrogens is 2. The predicted octanol–water partition coefficient (Wildman–Crippen LogP) is 1.27. The van der Waals surface area contributed by atoms with Gasteiger partial charge in [0.15, 0.2) is 0 Å². The molecule has 0 bridgehead atoms. The Morgan fingerprint density at radius 1 is 1.14 bits per heavy atom. The van der Waals surface area contributed by atoms with Crippen LogP contribution in [0.3, 0.4) is 0 Å². The van der Waals surface area contributed by atoms with Gasteiger partial charge in [-0.05, 0) is 32.8 Å². The molecule has 2 amide bonds. The van der Waals surface area contributed by atoms with Crippen LogP contribution in [0.4, 0.5) is 0 Å². The molecule has 1 aromatic heterocycles. The van der Waals surface area contributed by atoms with Crippen molar-refractivity contribution in [2.24, 2.45) is 0 Å². The lowest BCUT2D eigenvalue weighted by atomic mass is 9.83. The fourth-order valence-corrected chi connectivity index (χ4v) is 2.61. The molecule has 0 atom stereocenters. The van der Waals surface area contributed by atoms with Crippen LogP contribution in [-0.2, 0) is 16.1 Å². The van der Waals surface area contributed by atoms with Gasteiger partial charge in [-0.25, -0.2) is 9.97 Å². The third kappa shape index (κ3) is 2.50. The van der Waals surface area contributed by atoms with Crippen LogP contribution in [0.25, 0.3) is 0 Å². The summed E-state index contributed by atoms with van der Waals surface area (Å²) in [6.07, 6.45) is 4.40. The lowest BCUT2D eigenvalue weighted by molar-refractivity contribution is -0.162. The number of carbonyl (C=O) groups is 2. The second-order valence-electron chi connectivity index (χ2n) is 5.86. The van der Waals surface area contributed by atoms with E-state index in [1.807, 2.05) is 13.8 Å². The molecule has 1 aliphatic heterocycles. The number of piperazine rings is 1. The van der Waals surface area contributed by atoms with Crippen LogP contribution in [0.15, 0.2) is 18.5 Å². The van der Waals surface area contributed by atoms with Gasteiger partial charge < -0.3 is 10.2 Å². The molecule has 2 heterocycles. The zero-order chi connectivity index (χ0) is 15.7. The Kier molecular flexibility index (Phi) is 3.98. The summed E-state index contributed by atoms with van der Waals surface area (Å²) in [5.74, 6) is 0.334. The highest BCUT2D eigenvalue weighted by Gasteiger charge is 2.52. The minimum absolute atomic E-state index is 0.0652. The summed E-state index contributed by atoms with van der Waals surface area (Å²) in [6.45, 7) is 7.56. The molecule has 114 valence electrons. The maximum atomic E-state index is 12.9. The van der Waals surface area contributed by atoms with Crippen molar-refractivity contribution in [3.05, 3.63) is 24.3 Å². The third-order valence-electron chi connectivity index (χ3n) is 4.36. The first-order valence-electron chi connectivity index (χ1n) is 7.28. The smallest absolute Gasteiger partial charge is 0.249 e. The van der Waals surface area contributed by atoms with Gasteiger partial charge in [0, 0.05) is 12.4 Å². The molecule has 6 heteroatoms. The van der Waals surface area contributed by atoms with Gasteiger partial charge in [0.1, 0.15) is 16.9 Å². The van der Waals surface area contributed by atoms with Gasteiger partial charge in [-0.15, -0.1) is 0 Å². The Morgan fingerprint density at radius 3 is 2.24 bits per heavy atom. The number of nitrogens with zero attached hydrogens (tertiary/aromatic N) is 3. The standard InChI is InChI=1S/C15H22N4O2/c1-5-15(6-2)13(21)19(14(3,4)12(20)18-15)10-11-16-8-7-9-17-11/h7-9H,5-6,10H2,1-4H3,(H,18,20). The summed E-state index contributed by atoms with van der Waals surface area (Å²) in [5.41, 5.74) is -1.73. The first kappa shape index (κ1) is 15.4. The van der Waals surface area contributed by atoms with E-state index in [0.29, 0.717) is 18.7 Å². The number of nitrogens with one attached hydrogen (secondary N) is 1. The summed E-state index contributed by atoms with van der Waals surface area (Å²) in [5, 5.41) is 2.91. The van der Waals surface area contributed by atoms with Crippen LogP contribution in [0.2, 0.25) is 0 Å². The van der Waals surface area contributed by atoms with Crippen LogP contribution in [0.1, 0.15) is 46.4 Å². The van der Waals surface area contributed by atoms with E-state index in [9.17, 15) is 9.59 Å². The molecular weight excluding hydrogens is 268 g/mol. The highest BCUT2D eigenvalue weighted by atomic mass is 16.2. The molecule has 0 spiro atoms. The molecule has 0 aromatic carbocycles. The van der Waals surface area contributed by atoms with E-state index < -0.39 is 11.1 Å². The summed E-state index contributed by atoms with van der Waals surface area (Å²) >= 11 is 0. The Labute approximate surface area is 125 Å². The van der Waals surface area contributed by atoms with Gasteiger partial charge in [-0.1, -0.05) is 13.8 Å². The van der Waals surface area contributed by atoms with Crippen molar-refractivity contribution < 1.29 is 9.59 Å². The first-order chi connectivity index (χ1) is 9.87. The highest BCUT2D eigenvalue weighted by molar-refractivity contribution is 6.01. The summed E-state index contributed by atoms with van der Waals surface area (Å²) < 4.78 is 0. The van der Waals surface area contributed by atoms with E-state index in [0.717, 1.165) is 0 Å². The minimum atomic E-state index is -0.913. The molecule has 1 aliphatic rings. The lowest BCUT2D eigenvalue weighted by Gasteiger charge is -2.49. The van der Waals surface area contributed by atoms with Crippen molar-refractivity contribution in [1.29, 1.82) is 0 Å². The zero-order valence-corrected chi connectivity index (χ0v) is 13.0. The van der Waals surface area contributed by atoms with Crippen molar-refractivity contribution in [2.45, 2.75) is 58.2 Å². The van der Waals surface area contributed by atoms with Crippen LogP contribution in [0.5, 0.6) is 0 Å². The Morgan fingerprint density at radius 2 is 1.71 bits per heavy atom. The second kappa shape index (κ2) is 5.42. The molecule has 0 aliphatic carbocycles. The van der Waals surface area contributed by atoms with Crippen molar-refractivity contribution in [1.82, 2.24) is 20.2 Å². The zero-order valence-electron chi connectivity index (χ0n) is 13.0. The molecule has 1 aromatic rings. The normalized spacial score (nSPS) is 20.3. The maximum Gasteiger partial charge on any atom is 0.249 e. The van der Waals surface area contributed by atoms with E-state index in [1.54, 1.807) is 37.2 Å². The molecule has 21 heavy (non-hydrogen) atoms. The van der Waals surface area contributed by atoms with Crippen molar-refractivity contribution >= 4 is 11.8 Å².